The minimum atomic E-state index is -0.615. The van der Waals surface area contributed by atoms with Gasteiger partial charge >= 0.3 is 6.03 Å². The quantitative estimate of drug-likeness (QED) is 0.719. The van der Waals surface area contributed by atoms with Gasteiger partial charge in [0.2, 0.25) is 5.91 Å². The van der Waals surface area contributed by atoms with Crippen LogP contribution in [0.2, 0.25) is 0 Å². The van der Waals surface area contributed by atoms with Gasteiger partial charge in [-0.15, -0.1) is 0 Å². The van der Waals surface area contributed by atoms with Gasteiger partial charge < -0.3 is 25.0 Å². The van der Waals surface area contributed by atoms with Crippen LogP contribution in [0.4, 0.5) is 4.79 Å². The summed E-state index contributed by atoms with van der Waals surface area (Å²) >= 11 is 0. The molecular weight excluding hydrogens is 372 g/mol. The topological polar surface area (TPSA) is 85.3 Å². The van der Waals surface area contributed by atoms with Gasteiger partial charge in [-0.25, -0.2) is 4.79 Å². The van der Waals surface area contributed by atoms with Crippen molar-refractivity contribution in [3.05, 3.63) is 35.4 Å². The predicted octanol–water partition coefficient (Wildman–Crippen LogP) is -0.0942. The molecule has 0 radical (unpaired) electrons. The highest BCUT2D eigenvalue weighted by atomic mass is 16.5. The van der Waals surface area contributed by atoms with Crippen LogP contribution < -0.4 is 5.32 Å². The molecule has 0 saturated carbocycles. The number of nitrogens with zero attached hydrogens (tertiary/aromatic N) is 3. The number of carbonyl (C=O) groups is 2. The van der Waals surface area contributed by atoms with Crippen molar-refractivity contribution in [1.82, 2.24) is 20.0 Å². The van der Waals surface area contributed by atoms with Crippen molar-refractivity contribution < 1.29 is 19.4 Å². The van der Waals surface area contributed by atoms with Crippen LogP contribution in [0.1, 0.15) is 11.1 Å². The van der Waals surface area contributed by atoms with E-state index < -0.39 is 6.10 Å². The minimum Gasteiger partial charge on any atom is -0.390 e. The van der Waals surface area contributed by atoms with E-state index in [1.54, 1.807) is 4.90 Å². The Hall–Kier alpha value is -2.16. The summed E-state index contributed by atoms with van der Waals surface area (Å²) in [6, 6.07) is 8.19. The van der Waals surface area contributed by atoms with E-state index in [2.05, 4.69) is 28.4 Å². The van der Waals surface area contributed by atoms with Gasteiger partial charge in [0.15, 0.2) is 0 Å². The largest absolute Gasteiger partial charge is 0.390 e. The van der Waals surface area contributed by atoms with Gasteiger partial charge in [0, 0.05) is 52.4 Å². The number of urea groups is 1. The first-order chi connectivity index (χ1) is 14.1. The van der Waals surface area contributed by atoms with Gasteiger partial charge in [0.05, 0.1) is 25.2 Å². The standard InChI is InChI=1S/C21H30N4O4/c26-19(15-23-6-5-16-3-1-2-4-17(16)12-23)11-22-21(28)25-13-18(14-25)20(27)24-7-9-29-10-8-24/h1-4,18-19,26H,5-15H2,(H,22,28). The van der Waals surface area contributed by atoms with Gasteiger partial charge in [-0.05, 0) is 17.5 Å². The monoisotopic (exact) mass is 402 g/mol. The van der Waals surface area contributed by atoms with Crippen LogP contribution in [0.5, 0.6) is 0 Å². The SMILES string of the molecule is O=C(NCC(O)CN1CCc2ccccc2C1)N1CC(C(=O)N2CCOCC2)C1. The van der Waals surface area contributed by atoms with Gasteiger partial charge in [-0.1, -0.05) is 24.3 Å². The van der Waals surface area contributed by atoms with Crippen molar-refractivity contribution in [2.75, 3.05) is 59.0 Å². The van der Waals surface area contributed by atoms with Gasteiger partial charge in [0.1, 0.15) is 0 Å². The summed E-state index contributed by atoms with van der Waals surface area (Å²) in [6.07, 6.45) is 0.373. The fraction of sp³-hybridized carbons (Fsp3) is 0.619. The number of morpholine rings is 1. The molecule has 8 heteroatoms. The molecule has 2 fully saturated rings. The molecule has 1 atom stereocenters. The van der Waals surface area contributed by atoms with Crippen LogP contribution in [-0.2, 0) is 22.5 Å². The van der Waals surface area contributed by atoms with Crippen LogP contribution in [-0.4, -0.2) is 96.9 Å². The summed E-state index contributed by atoms with van der Waals surface area (Å²) in [5.41, 5.74) is 2.69. The lowest BCUT2D eigenvalue weighted by Crippen LogP contribution is -2.60. The van der Waals surface area contributed by atoms with Gasteiger partial charge in [-0.2, -0.15) is 0 Å². The highest BCUT2D eigenvalue weighted by Gasteiger charge is 2.38. The normalized spacial score (nSPS) is 21.3. The molecule has 8 nitrogen and oxygen atoms in total. The second-order valence-electron chi connectivity index (χ2n) is 8.13. The van der Waals surface area contributed by atoms with E-state index in [0.29, 0.717) is 45.9 Å². The van der Waals surface area contributed by atoms with Crippen molar-refractivity contribution in [3.8, 4) is 0 Å². The van der Waals surface area contributed by atoms with Gasteiger partial charge in [-0.3, -0.25) is 9.69 Å². The number of hydrogen-bond donors (Lipinski definition) is 2. The number of aliphatic hydroxyl groups excluding tert-OH is 1. The number of aliphatic hydroxyl groups is 1. The number of carbonyl (C=O) groups excluding carboxylic acids is 2. The van der Waals surface area contributed by atoms with Crippen LogP contribution >= 0.6 is 0 Å². The Kier molecular flexibility index (Phi) is 6.32. The molecule has 29 heavy (non-hydrogen) atoms. The Morgan fingerprint density at radius 2 is 1.83 bits per heavy atom. The Labute approximate surface area is 171 Å². The third kappa shape index (κ3) is 4.88. The fourth-order valence-electron chi connectivity index (χ4n) is 4.23. The molecule has 0 spiro atoms. The van der Waals surface area contributed by atoms with E-state index in [1.165, 1.54) is 11.1 Å². The number of amides is 3. The number of hydrogen-bond acceptors (Lipinski definition) is 5. The second-order valence-corrected chi connectivity index (χ2v) is 8.13. The van der Waals surface area contributed by atoms with Crippen molar-refractivity contribution in [2.24, 2.45) is 5.92 Å². The highest BCUT2D eigenvalue weighted by molar-refractivity contribution is 5.84. The maximum Gasteiger partial charge on any atom is 0.317 e. The van der Waals surface area contributed by atoms with E-state index in [1.807, 2.05) is 11.0 Å². The maximum atomic E-state index is 12.4. The Morgan fingerprint density at radius 1 is 1.10 bits per heavy atom. The molecule has 2 N–H and O–H groups in total. The Morgan fingerprint density at radius 3 is 2.59 bits per heavy atom. The number of fused-ring (bicyclic) bond motifs is 1. The molecular formula is C21H30N4O4. The maximum absolute atomic E-state index is 12.4. The lowest BCUT2D eigenvalue weighted by Gasteiger charge is -2.41. The molecule has 1 unspecified atom stereocenters. The lowest BCUT2D eigenvalue weighted by molar-refractivity contribution is -0.143. The van der Waals surface area contributed by atoms with Crippen molar-refractivity contribution in [2.45, 2.75) is 19.1 Å². The summed E-state index contributed by atoms with van der Waals surface area (Å²) in [5.74, 6) is -0.0000407. The molecule has 3 aliphatic rings. The summed E-state index contributed by atoms with van der Waals surface area (Å²) in [5, 5.41) is 13.1. The van der Waals surface area contributed by atoms with Crippen LogP contribution in [0, 0.1) is 5.92 Å². The molecule has 3 heterocycles. The average Bonchev–Trinajstić information content (AvgIpc) is 2.71. The highest BCUT2D eigenvalue weighted by Crippen LogP contribution is 2.20. The minimum absolute atomic E-state index is 0.114. The Balaban J connectivity index is 1.15. The van der Waals surface area contributed by atoms with Crippen molar-refractivity contribution in [3.63, 3.8) is 0 Å². The molecule has 1 aromatic carbocycles. The molecule has 0 aliphatic carbocycles. The first-order valence-electron chi connectivity index (χ1n) is 10.5. The third-order valence-corrected chi connectivity index (χ3v) is 6.01. The molecule has 0 bridgehead atoms. The molecule has 158 valence electrons. The summed E-state index contributed by atoms with van der Waals surface area (Å²) < 4.78 is 5.27. The molecule has 1 aromatic rings. The van der Waals surface area contributed by atoms with E-state index in [-0.39, 0.29) is 24.4 Å². The van der Waals surface area contributed by atoms with E-state index >= 15 is 0 Å². The number of ether oxygens (including phenoxy) is 1. The summed E-state index contributed by atoms with van der Waals surface area (Å²) in [4.78, 5) is 30.3. The van der Waals surface area contributed by atoms with Crippen LogP contribution in [0.3, 0.4) is 0 Å². The van der Waals surface area contributed by atoms with Crippen LogP contribution in [0.25, 0.3) is 0 Å². The lowest BCUT2D eigenvalue weighted by atomic mass is 9.98. The molecule has 0 aromatic heterocycles. The van der Waals surface area contributed by atoms with Crippen molar-refractivity contribution in [1.29, 1.82) is 0 Å². The first-order valence-corrected chi connectivity index (χ1v) is 10.5. The van der Waals surface area contributed by atoms with Crippen molar-refractivity contribution >= 4 is 11.9 Å². The van der Waals surface area contributed by atoms with Gasteiger partial charge in [0.25, 0.3) is 0 Å². The Bertz CT molecular complexity index is 731. The molecule has 2 saturated heterocycles. The summed E-state index contributed by atoms with van der Waals surface area (Å²) in [7, 11) is 0. The van der Waals surface area contributed by atoms with E-state index in [9.17, 15) is 14.7 Å². The zero-order chi connectivity index (χ0) is 20.2. The predicted molar refractivity (Wildman–Crippen MR) is 107 cm³/mol. The molecule has 4 rings (SSSR count). The van der Waals surface area contributed by atoms with E-state index in [4.69, 9.17) is 4.74 Å². The number of benzene rings is 1. The number of likely N-dealkylation sites (tertiary alicyclic amines) is 1. The molecule has 3 aliphatic heterocycles. The van der Waals surface area contributed by atoms with E-state index in [0.717, 1.165) is 19.5 Å². The summed E-state index contributed by atoms with van der Waals surface area (Å²) in [6.45, 7) is 5.83. The third-order valence-electron chi connectivity index (χ3n) is 6.01. The first kappa shape index (κ1) is 20.1. The smallest absolute Gasteiger partial charge is 0.317 e. The molecule has 3 amide bonds. The zero-order valence-corrected chi connectivity index (χ0v) is 16.8. The van der Waals surface area contributed by atoms with Crippen LogP contribution in [0.15, 0.2) is 24.3 Å². The average molecular weight is 402 g/mol. The number of β-amino-alcohol motifs (C(OH)–C–C–N with tert-alkyl or cyclic N) is 1. The fourth-order valence-corrected chi connectivity index (χ4v) is 4.23. The zero-order valence-electron chi connectivity index (χ0n) is 16.8. The number of nitrogens with one attached hydrogen (secondary N) is 1. The second kappa shape index (κ2) is 9.11. The number of rotatable bonds is 5.